The zero-order valence-corrected chi connectivity index (χ0v) is 15.7. The number of rotatable bonds is 6. The van der Waals surface area contributed by atoms with Crippen molar-refractivity contribution in [2.75, 3.05) is 18.4 Å². The van der Waals surface area contributed by atoms with Gasteiger partial charge in [0.15, 0.2) is 5.13 Å². The molecule has 2 fully saturated rings. The van der Waals surface area contributed by atoms with Crippen molar-refractivity contribution in [3.63, 3.8) is 0 Å². The van der Waals surface area contributed by atoms with Gasteiger partial charge in [-0.2, -0.15) is 0 Å². The summed E-state index contributed by atoms with van der Waals surface area (Å²) < 4.78 is 0. The summed E-state index contributed by atoms with van der Waals surface area (Å²) in [4.78, 5) is 31.4. The van der Waals surface area contributed by atoms with Crippen molar-refractivity contribution in [1.29, 1.82) is 0 Å². The molecule has 2 amide bonds. The number of aromatic nitrogens is 1. The van der Waals surface area contributed by atoms with Gasteiger partial charge in [-0.3, -0.25) is 9.59 Å². The van der Waals surface area contributed by atoms with Gasteiger partial charge in [0.05, 0.1) is 6.54 Å². The summed E-state index contributed by atoms with van der Waals surface area (Å²) in [6.07, 6.45) is 13.3. The quantitative estimate of drug-likeness (QED) is 0.829. The molecule has 3 rings (SSSR count). The van der Waals surface area contributed by atoms with Crippen LogP contribution in [0, 0.1) is 11.8 Å². The monoisotopic (exact) mass is 363 g/mol. The molecule has 6 heteroatoms. The van der Waals surface area contributed by atoms with E-state index in [1.165, 1.54) is 49.9 Å². The molecule has 5 nitrogen and oxygen atoms in total. The number of hydrogen-bond donors (Lipinski definition) is 1. The molecule has 0 radical (unpaired) electrons. The van der Waals surface area contributed by atoms with Crippen LogP contribution in [0.2, 0.25) is 0 Å². The smallest absolute Gasteiger partial charge is 0.245 e. The molecular weight excluding hydrogens is 334 g/mol. The topological polar surface area (TPSA) is 62.3 Å². The SMILES string of the molecule is O=C(CN(CC1CCCCC1)C(=O)C1CCCCC1)Nc1nccs1. The fourth-order valence-electron chi connectivity index (χ4n) is 4.14. The standard InChI is InChI=1S/C19H29N3O2S/c23-17(21-19-20-11-12-25-19)14-22(13-15-7-3-1-4-8-15)18(24)16-9-5-2-6-10-16/h11-12,15-16H,1-10,13-14H2,(H,20,21,23). The van der Waals surface area contributed by atoms with E-state index in [4.69, 9.17) is 0 Å². The van der Waals surface area contributed by atoms with E-state index in [1.807, 2.05) is 10.3 Å². The molecule has 0 aliphatic heterocycles. The van der Waals surface area contributed by atoms with Crippen molar-refractivity contribution in [1.82, 2.24) is 9.88 Å². The lowest BCUT2D eigenvalue weighted by molar-refractivity contribution is -0.140. The molecule has 2 saturated carbocycles. The Morgan fingerprint density at radius 3 is 2.40 bits per heavy atom. The molecular formula is C19H29N3O2S. The molecule has 1 aromatic heterocycles. The van der Waals surface area contributed by atoms with Gasteiger partial charge in [0.1, 0.15) is 0 Å². The first-order valence-electron chi connectivity index (χ1n) is 9.70. The van der Waals surface area contributed by atoms with Gasteiger partial charge in [-0.25, -0.2) is 4.98 Å². The maximum atomic E-state index is 13.0. The Morgan fingerprint density at radius 2 is 1.76 bits per heavy atom. The average molecular weight is 364 g/mol. The zero-order chi connectivity index (χ0) is 17.5. The van der Waals surface area contributed by atoms with Gasteiger partial charge in [-0.05, 0) is 31.6 Å². The Labute approximate surface area is 154 Å². The van der Waals surface area contributed by atoms with E-state index in [0.717, 1.165) is 32.2 Å². The van der Waals surface area contributed by atoms with Crippen LogP contribution in [0.15, 0.2) is 11.6 Å². The Balaban J connectivity index is 1.61. The summed E-state index contributed by atoms with van der Waals surface area (Å²) in [7, 11) is 0. The normalized spacial score (nSPS) is 19.5. The molecule has 0 atom stereocenters. The first kappa shape index (κ1) is 18.4. The number of anilines is 1. The Morgan fingerprint density at radius 1 is 1.08 bits per heavy atom. The van der Waals surface area contributed by atoms with Crippen LogP contribution in [-0.4, -0.2) is 34.8 Å². The fourth-order valence-corrected chi connectivity index (χ4v) is 4.68. The predicted molar refractivity (Wildman–Crippen MR) is 100 cm³/mol. The van der Waals surface area contributed by atoms with E-state index in [1.54, 1.807) is 6.20 Å². The average Bonchev–Trinajstić information content (AvgIpc) is 3.15. The van der Waals surface area contributed by atoms with E-state index >= 15 is 0 Å². The number of amides is 2. The van der Waals surface area contributed by atoms with Crippen LogP contribution in [0.1, 0.15) is 64.2 Å². The van der Waals surface area contributed by atoms with Crippen molar-refractivity contribution in [2.24, 2.45) is 11.8 Å². The summed E-state index contributed by atoms with van der Waals surface area (Å²) in [5.41, 5.74) is 0. The predicted octanol–water partition coefficient (Wildman–Crippen LogP) is 4.07. The Kier molecular flexibility index (Phi) is 6.84. The van der Waals surface area contributed by atoms with Gasteiger partial charge in [0.25, 0.3) is 0 Å². The molecule has 2 aliphatic rings. The van der Waals surface area contributed by atoms with Crippen LogP contribution < -0.4 is 5.32 Å². The highest BCUT2D eigenvalue weighted by Crippen LogP contribution is 2.28. The molecule has 0 bridgehead atoms. The maximum absolute atomic E-state index is 13.0. The van der Waals surface area contributed by atoms with Crippen molar-refractivity contribution in [3.8, 4) is 0 Å². The summed E-state index contributed by atoms with van der Waals surface area (Å²) >= 11 is 1.40. The minimum Gasteiger partial charge on any atom is -0.333 e. The second-order valence-electron chi connectivity index (χ2n) is 7.44. The third kappa shape index (κ3) is 5.53. The lowest BCUT2D eigenvalue weighted by atomic mass is 9.86. The van der Waals surface area contributed by atoms with Crippen LogP contribution in [0.3, 0.4) is 0 Å². The lowest BCUT2D eigenvalue weighted by Crippen LogP contribution is -2.44. The Bertz CT molecular complexity index is 549. The summed E-state index contributed by atoms with van der Waals surface area (Å²) in [5.74, 6) is 0.730. The van der Waals surface area contributed by atoms with Gasteiger partial charge in [0, 0.05) is 24.0 Å². The summed E-state index contributed by atoms with van der Waals surface area (Å²) in [6.45, 7) is 0.895. The second kappa shape index (κ2) is 9.32. The van der Waals surface area contributed by atoms with Crippen LogP contribution in [-0.2, 0) is 9.59 Å². The van der Waals surface area contributed by atoms with E-state index in [0.29, 0.717) is 11.0 Å². The van der Waals surface area contributed by atoms with Crippen LogP contribution in [0.5, 0.6) is 0 Å². The van der Waals surface area contributed by atoms with E-state index in [-0.39, 0.29) is 24.3 Å². The minimum atomic E-state index is -0.130. The third-order valence-corrected chi connectivity index (χ3v) is 6.17. The van der Waals surface area contributed by atoms with Crippen molar-refractivity contribution in [3.05, 3.63) is 11.6 Å². The lowest BCUT2D eigenvalue weighted by Gasteiger charge is -2.33. The van der Waals surface area contributed by atoms with E-state index in [2.05, 4.69) is 10.3 Å². The first-order chi connectivity index (χ1) is 12.2. The zero-order valence-electron chi connectivity index (χ0n) is 14.9. The van der Waals surface area contributed by atoms with Crippen LogP contribution >= 0.6 is 11.3 Å². The van der Waals surface area contributed by atoms with Gasteiger partial charge in [0.2, 0.25) is 11.8 Å². The number of hydrogen-bond acceptors (Lipinski definition) is 4. The number of thiazole rings is 1. The molecule has 1 heterocycles. The van der Waals surface area contributed by atoms with Crippen LogP contribution in [0.4, 0.5) is 5.13 Å². The number of nitrogens with zero attached hydrogens (tertiary/aromatic N) is 2. The number of carbonyl (C=O) groups excluding carboxylic acids is 2. The molecule has 1 aromatic rings. The highest BCUT2D eigenvalue weighted by Gasteiger charge is 2.29. The first-order valence-corrected chi connectivity index (χ1v) is 10.6. The molecule has 2 aliphatic carbocycles. The summed E-state index contributed by atoms with van der Waals surface area (Å²) in [5, 5.41) is 5.26. The highest BCUT2D eigenvalue weighted by molar-refractivity contribution is 7.13. The van der Waals surface area contributed by atoms with Gasteiger partial charge < -0.3 is 10.2 Å². The molecule has 138 valence electrons. The van der Waals surface area contributed by atoms with E-state index in [9.17, 15) is 9.59 Å². The number of carbonyl (C=O) groups is 2. The highest BCUT2D eigenvalue weighted by atomic mass is 32.1. The van der Waals surface area contributed by atoms with Crippen LogP contribution in [0.25, 0.3) is 0 Å². The van der Waals surface area contributed by atoms with Crippen molar-refractivity contribution in [2.45, 2.75) is 64.2 Å². The summed E-state index contributed by atoms with van der Waals surface area (Å²) in [6, 6.07) is 0. The van der Waals surface area contributed by atoms with Crippen molar-refractivity contribution >= 4 is 28.3 Å². The van der Waals surface area contributed by atoms with Gasteiger partial charge >= 0.3 is 0 Å². The van der Waals surface area contributed by atoms with Gasteiger partial charge in [-0.1, -0.05) is 38.5 Å². The second-order valence-corrected chi connectivity index (χ2v) is 8.34. The molecule has 1 N–H and O–H groups in total. The minimum absolute atomic E-state index is 0.116. The molecule has 0 saturated heterocycles. The molecule has 0 unspecified atom stereocenters. The fraction of sp³-hybridized carbons (Fsp3) is 0.737. The molecule has 25 heavy (non-hydrogen) atoms. The molecule has 0 aromatic carbocycles. The maximum Gasteiger partial charge on any atom is 0.245 e. The number of nitrogens with one attached hydrogen (secondary N) is 1. The van der Waals surface area contributed by atoms with Crippen molar-refractivity contribution < 1.29 is 9.59 Å². The van der Waals surface area contributed by atoms with E-state index < -0.39 is 0 Å². The van der Waals surface area contributed by atoms with Gasteiger partial charge in [-0.15, -0.1) is 11.3 Å². The Hall–Kier alpha value is -1.43. The molecule has 0 spiro atoms. The largest absolute Gasteiger partial charge is 0.333 e. The third-order valence-electron chi connectivity index (χ3n) is 5.48.